The highest BCUT2D eigenvalue weighted by molar-refractivity contribution is 5.87. The summed E-state index contributed by atoms with van der Waals surface area (Å²) in [5.41, 5.74) is 0.555. The van der Waals surface area contributed by atoms with E-state index in [1.807, 2.05) is 6.92 Å². The van der Waals surface area contributed by atoms with Crippen molar-refractivity contribution < 1.29 is 9.53 Å². The molecule has 0 aliphatic carbocycles. The van der Waals surface area contributed by atoms with E-state index in [1.165, 1.54) is 12.8 Å². The summed E-state index contributed by atoms with van der Waals surface area (Å²) in [6.07, 6.45) is 3.09. The number of hydrogen-bond donors (Lipinski definition) is 0. The van der Waals surface area contributed by atoms with Crippen LogP contribution < -0.4 is 0 Å². The maximum absolute atomic E-state index is 11.2. The molecule has 0 atom stereocenters. The van der Waals surface area contributed by atoms with Crippen LogP contribution in [0, 0.1) is 0 Å². The van der Waals surface area contributed by atoms with Crippen LogP contribution in [0.3, 0.4) is 0 Å². The van der Waals surface area contributed by atoms with Crippen molar-refractivity contribution in [2.75, 3.05) is 19.8 Å². The smallest absolute Gasteiger partial charge is 0.334 e. The van der Waals surface area contributed by atoms with Crippen molar-refractivity contribution in [3.8, 4) is 0 Å². The molecule has 1 saturated heterocycles. The van der Waals surface area contributed by atoms with Crippen LogP contribution in [0.5, 0.6) is 0 Å². The van der Waals surface area contributed by atoms with Gasteiger partial charge in [-0.3, -0.25) is 4.90 Å². The molecule has 1 fully saturated rings. The highest BCUT2D eigenvalue weighted by Gasteiger charge is 2.13. The molecule has 74 valence electrons. The van der Waals surface area contributed by atoms with E-state index in [1.54, 1.807) is 0 Å². The van der Waals surface area contributed by atoms with Gasteiger partial charge >= 0.3 is 5.97 Å². The summed E-state index contributed by atoms with van der Waals surface area (Å²) in [5.74, 6) is -0.255. The Hall–Kier alpha value is -0.830. The number of likely N-dealkylation sites (tertiary alicyclic amines) is 1. The van der Waals surface area contributed by atoms with Gasteiger partial charge in [-0.1, -0.05) is 13.5 Å². The molecule has 3 nitrogen and oxygen atoms in total. The Kier molecular flexibility index (Phi) is 3.96. The first-order valence-corrected chi connectivity index (χ1v) is 4.81. The fourth-order valence-electron chi connectivity index (χ4n) is 1.31. The van der Waals surface area contributed by atoms with Crippen molar-refractivity contribution in [2.45, 2.75) is 26.2 Å². The van der Waals surface area contributed by atoms with Gasteiger partial charge in [0.2, 0.25) is 0 Å². The van der Waals surface area contributed by atoms with Crippen molar-refractivity contribution in [1.29, 1.82) is 0 Å². The maximum atomic E-state index is 11.2. The number of rotatable bonds is 4. The number of hydrogen-bond acceptors (Lipinski definition) is 3. The summed E-state index contributed by atoms with van der Waals surface area (Å²) in [5, 5.41) is 0. The summed E-state index contributed by atoms with van der Waals surface area (Å²) in [6.45, 7) is 8.05. The monoisotopic (exact) mass is 183 g/mol. The first-order chi connectivity index (χ1) is 6.24. The van der Waals surface area contributed by atoms with Crippen molar-refractivity contribution >= 4 is 5.97 Å². The van der Waals surface area contributed by atoms with E-state index in [-0.39, 0.29) is 5.97 Å². The van der Waals surface area contributed by atoms with Gasteiger partial charge in [-0.2, -0.15) is 0 Å². The normalized spacial score (nSPS) is 17.3. The molecule has 1 aliphatic heterocycles. The Morgan fingerprint density at radius 1 is 1.46 bits per heavy atom. The molecule has 1 heterocycles. The van der Waals surface area contributed by atoms with Gasteiger partial charge < -0.3 is 4.74 Å². The number of nitrogens with zero attached hydrogens (tertiary/aromatic N) is 1. The molecule has 13 heavy (non-hydrogen) atoms. The molecule has 3 heteroatoms. The van der Waals surface area contributed by atoms with E-state index in [2.05, 4.69) is 11.5 Å². The molecule has 0 saturated carbocycles. The second-order valence-electron chi connectivity index (χ2n) is 3.34. The molecule has 0 aromatic rings. The lowest BCUT2D eigenvalue weighted by Gasteiger charge is -2.14. The average molecular weight is 183 g/mol. The summed E-state index contributed by atoms with van der Waals surface area (Å²) < 4.78 is 5.07. The van der Waals surface area contributed by atoms with Crippen molar-refractivity contribution in [3.63, 3.8) is 0 Å². The van der Waals surface area contributed by atoms with Gasteiger partial charge in [-0.15, -0.1) is 0 Å². The van der Waals surface area contributed by atoms with E-state index in [9.17, 15) is 4.79 Å². The summed E-state index contributed by atoms with van der Waals surface area (Å²) >= 11 is 0. The van der Waals surface area contributed by atoms with E-state index in [4.69, 9.17) is 4.74 Å². The first kappa shape index (κ1) is 10.3. The minimum absolute atomic E-state index is 0.255. The number of ether oxygens (including phenoxy) is 1. The Morgan fingerprint density at radius 3 is 2.62 bits per heavy atom. The average Bonchev–Trinajstić information content (AvgIpc) is 2.65. The highest BCUT2D eigenvalue weighted by Crippen LogP contribution is 2.07. The van der Waals surface area contributed by atoms with Crippen LogP contribution in [0.1, 0.15) is 26.2 Å². The molecule has 0 aromatic heterocycles. The van der Waals surface area contributed by atoms with Crippen LogP contribution in [0.15, 0.2) is 12.2 Å². The zero-order valence-corrected chi connectivity index (χ0v) is 8.21. The van der Waals surface area contributed by atoms with Crippen molar-refractivity contribution in [3.05, 3.63) is 12.2 Å². The molecule has 0 radical (unpaired) electrons. The van der Waals surface area contributed by atoms with Gasteiger partial charge in [0.15, 0.2) is 0 Å². The highest BCUT2D eigenvalue weighted by atomic mass is 16.5. The lowest BCUT2D eigenvalue weighted by molar-refractivity contribution is -0.143. The molecule has 0 aromatic carbocycles. The Labute approximate surface area is 79.4 Å². The molecule has 0 bridgehead atoms. The molecule has 0 spiro atoms. The zero-order valence-electron chi connectivity index (χ0n) is 8.21. The van der Waals surface area contributed by atoms with Gasteiger partial charge in [0.05, 0.1) is 0 Å². The third-order valence-corrected chi connectivity index (χ3v) is 2.29. The van der Waals surface area contributed by atoms with Crippen molar-refractivity contribution in [1.82, 2.24) is 4.90 Å². The second kappa shape index (κ2) is 5.02. The fourth-order valence-corrected chi connectivity index (χ4v) is 1.31. The lowest BCUT2D eigenvalue weighted by Crippen LogP contribution is -2.25. The van der Waals surface area contributed by atoms with Crippen LogP contribution in [0.25, 0.3) is 0 Å². The number of esters is 1. The fraction of sp³-hybridized carbons (Fsp3) is 0.700. The summed E-state index contributed by atoms with van der Waals surface area (Å²) in [7, 11) is 0. The maximum Gasteiger partial charge on any atom is 0.334 e. The molecule has 1 aliphatic rings. The topological polar surface area (TPSA) is 29.5 Å². The molecule has 0 amide bonds. The van der Waals surface area contributed by atoms with Gasteiger partial charge in [0.25, 0.3) is 0 Å². The number of carbonyl (C=O) groups is 1. The quantitative estimate of drug-likeness (QED) is 0.489. The molecule has 0 unspecified atom stereocenters. The predicted molar refractivity (Wildman–Crippen MR) is 51.2 cm³/mol. The Bertz CT molecular complexity index is 195. The van der Waals surface area contributed by atoms with Gasteiger partial charge in [-0.25, -0.2) is 4.79 Å². The molecular weight excluding hydrogens is 166 g/mol. The Morgan fingerprint density at radius 2 is 2.08 bits per heavy atom. The van der Waals surface area contributed by atoms with Crippen LogP contribution in [-0.4, -0.2) is 30.7 Å². The minimum atomic E-state index is -0.255. The predicted octanol–water partition coefficient (Wildman–Crippen LogP) is 1.55. The first-order valence-electron chi connectivity index (χ1n) is 4.81. The molecule has 1 rings (SSSR count). The molecule has 0 N–H and O–H groups in total. The van der Waals surface area contributed by atoms with Gasteiger partial charge in [-0.05, 0) is 19.3 Å². The standard InChI is InChI=1S/C10H17NO2/c1-3-9(2)10(12)13-8-11-6-4-5-7-11/h2-8H2,1H3. The number of carbonyl (C=O) groups excluding carboxylic acids is 1. The minimum Gasteiger partial charge on any atom is -0.446 e. The van der Waals surface area contributed by atoms with E-state index >= 15 is 0 Å². The summed E-state index contributed by atoms with van der Waals surface area (Å²) in [6, 6.07) is 0. The van der Waals surface area contributed by atoms with Crippen LogP contribution in [0.2, 0.25) is 0 Å². The second-order valence-corrected chi connectivity index (χ2v) is 3.34. The SMILES string of the molecule is C=C(CC)C(=O)OCN1CCCC1. The van der Waals surface area contributed by atoms with E-state index < -0.39 is 0 Å². The van der Waals surface area contributed by atoms with E-state index in [0.29, 0.717) is 18.7 Å². The van der Waals surface area contributed by atoms with Crippen LogP contribution >= 0.6 is 0 Å². The van der Waals surface area contributed by atoms with Crippen LogP contribution in [0.4, 0.5) is 0 Å². The summed E-state index contributed by atoms with van der Waals surface area (Å²) in [4.78, 5) is 13.3. The largest absolute Gasteiger partial charge is 0.446 e. The third-order valence-electron chi connectivity index (χ3n) is 2.29. The van der Waals surface area contributed by atoms with Gasteiger partial charge in [0, 0.05) is 18.7 Å². The zero-order chi connectivity index (χ0) is 9.68. The third kappa shape index (κ3) is 3.19. The van der Waals surface area contributed by atoms with Gasteiger partial charge in [0.1, 0.15) is 6.73 Å². The van der Waals surface area contributed by atoms with Crippen molar-refractivity contribution in [2.24, 2.45) is 0 Å². The molecular formula is C10H17NO2. The Balaban J connectivity index is 2.17. The van der Waals surface area contributed by atoms with E-state index in [0.717, 1.165) is 13.1 Å². The lowest BCUT2D eigenvalue weighted by atomic mass is 10.2. The van der Waals surface area contributed by atoms with Crippen LogP contribution in [-0.2, 0) is 9.53 Å².